The van der Waals surface area contributed by atoms with Crippen molar-refractivity contribution in [2.75, 3.05) is 21.8 Å². The molecule has 1 fully saturated rings. The fourth-order valence-corrected chi connectivity index (χ4v) is 4.49. The molecule has 148 valence electrons. The third-order valence-corrected chi connectivity index (χ3v) is 6.77. The molecule has 0 unspecified atom stereocenters. The van der Waals surface area contributed by atoms with Crippen molar-refractivity contribution in [3.63, 3.8) is 0 Å². The van der Waals surface area contributed by atoms with Gasteiger partial charge in [-0.15, -0.1) is 23.4 Å². The van der Waals surface area contributed by atoms with E-state index in [0.29, 0.717) is 11.4 Å². The van der Waals surface area contributed by atoms with E-state index in [2.05, 4.69) is 11.4 Å². The molecule has 1 aliphatic rings. The number of hydrogen-bond donors (Lipinski definition) is 1. The summed E-state index contributed by atoms with van der Waals surface area (Å²) in [4.78, 5) is 27.2. The number of halogens is 1. The zero-order valence-corrected chi connectivity index (χ0v) is 18.2. The maximum Gasteiger partial charge on any atom is 0.238 e. The third kappa shape index (κ3) is 4.06. The highest BCUT2D eigenvalue weighted by Gasteiger charge is 2.36. The van der Waals surface area contributed by atoms with Gasteiger partial charge < -0.3 is 5.32 Å². The van der Waals surface area contributed by atoms with Crippen molar-refractivity contribution >= 4 is 46.6 Å². The van der Waals surface area contributed by atoms with Gasteiger partial charge in [0.1, 0.15) is 5.37 Å². The lowest BCUT2D eigenvalue weighted by atomic mass is 9.95. The second-order valence-electron chi connectivity index (χ2n) is 7.78. The predicted octanol–water partition coefficient (Wildman–Crippen LogP) is 5.29. The first-order valence-corrected chi connectivity index (χ1v) is 10.8. The second-order valence-corrected chi connectivity index (χ2v) is 9.11. The van der Waals surface area contributed by atoms with Crippen LogP contribution in [-0.4, -0.2) is 23.4 Å². The van der Waals surface area contributed by atoms with Crippen molar-refractivity contribution in [3.8, 4) is 0 Å². The van der Waals surface area contributed by atoms with E-state index in [1.807, 2.05) is 69.0 Å². The van der Waals surface area contributed by atoms with Crippen LogP contribution in [0.4, 0.5) is 11.4 Å². The van der Waals surface area contributed by atoms with Crippen LogP contribution in [0, 0.1) is 19.3 Å². The van der Waals surface area contributed by atoms with Crippen molar-refractivity contribution in [3.05, 3.63) is 59.2 Å². The van der Waals surface area contributed by atoms with Crippen molar-refractivity contribution in [2.24, 2.45) is 5.41 Å². The molecule has 28 heavy (non-hydrogen) atoms. The largest absolute Gasteiger partial charge is 0.325 e. The first-order chi connectivity index (χ1) is 13.2. The second kappa shape index (κ2) is 8.18. The zero-order valence-electron chi connectivity index (χ0n) is 16.6. The molecule has 0 aromatic heterocycles. The SMILES string of the molecule is Cc1ccc(N2C(=O)CS[C@@H]2c2ccccc2NC(=O)C(C)(C)CCl)c(C)c1. The molecule has 6 heteroatoms. The Balaban J connectivity index is 1.98. The van der Waals surface area contributed by atoms with Gasteiger partial charge in [0.2, 0.25) is 11.8 Å². The molecule has 2 aromatic rings. The Morgan fingerprint density at radius 1 is 1.25 bits per heavy atom. The Morgan fingerprint density at radius 2 is 1.96 bits per heavy atom. The molecule has 1 aliphatic heterocycles. The van der Waals surface area contributed by atoms with Crippen LogP contribution >= 0.6 is 23.4 Å². The number of benzene rings is 2. The summed E-state index contributed by atoms with van der Waals surface area (Å²) in [7, 11) is 0. The Bertz CT molecular complexity index is 913. The maximum atomic E-state index is 12.7. The number of thioether (sulfide) groups is 1. The Kier molecular flexibility index (Phi) is 6.06. The number of anilines is 2. The summed E-state index contributed by atoms with van der Waals surface area (Å²) >= 11 is 7.53. The minimum absolute atomic E-state index is 0.0733. The van der Waals surface area contributed by atoms with Crippen LogP contribution < -0.4 is 10.2 Å². The molecule has 0 bridgehead atoms. The van der Waals surface area contributed by atoms with Gasteiger partial charge in [-0.05, 0) is 45.4 Å². The first kappa shape index (κ1) is 20.7. The molecule has 3 rings (SSSR count). The molecule has 0 aliphatic carbocycles. The van der Waals surface area contributed by atoms with Crippen LogP contribution in [0.15, 0.2) is 42.5 Å². The smallest absolute Gasteiger partial charge is 0.238 e. The highest BCUT2D eigenvalue weighted by atomic mass is 35.5. The van der Waals surface area contributed by atoms with E-state index in [-0.39, 0.29) is 23.1 Å². The fraction of sp³-hybridized carbons (Fsp3) is 0.364. The lowest BCUT2D eigenvalue weighted by Gasteiger charge is -2.28. The van der Waals surface area contributed by atoms with E-state index in [4.69, 9.17) is 11.6 Å². The fourth-order valence-electron chi connectivity index (χ4n) is 3.17. The highest BCUT2D eigenvalue weighted by molar-refractivity contribution is 8.00. The first-order valence-electron chi connectivity index (χ1n) is 9.22. The monoisotopic (exact) mass is 416 g/mol. The number of aryl methyl sites for hydroxylation is 2. The van der Waals surface area contributed by atoms with Crippen LogP contribution in [-0.2, 0) is 9.59 Å². The minimum Gasteiger partial charge on any atom is -0.325 e. The van der Waals surface area contributed by atoms with E-state index < -0.39 is 5.41 Å². The summed E-state index contributed by atoms with van der Waals surface area (Å²) in [5, 5.41) is 2.82. The number of carbonyl (C=O) groups is 2. The summed E-state index contributed by atoms with van der Waals surface area (Å²) in [6.07, 6.45) is 0. The lowest BCUT2D eigenvalue weighted by Crippen LogP contribution is -2.33. The zero-order chi connectivity index (χ0) is 20.5. The molecule has 4 nitrogen and oxygen atoms in total. The molecule has 1 saturated heterocycles. The molecule has 2 amide bonds. The van der Waals surface area contributed by atoms with Crippen molar-refractivity contribution in [1.29, 1.82) is 0 Å². The van der Waals surface area contributed by atoms with Crippen LogP contribution in [0.25, 0.3) is 0 Å². The standard InChI is InChI=1S/C22H25ClN2O2S/c1-14-9-10-18(15(2)11-14)25-19(26)12-28-20(25)16-7-5-6-8-17(16)24-21(27)22(3,4)13-23/h5-11,20H,12-13H2,1-4H3,(H,24,27)/t20-/m1/s1. The molecule has 2 aromatic carbocycles. The van der Waals surface area contributed by atoms with Crippen molar-refractivity contribution in [1.82, 2.24) is 0 Å². The van der Waals surface area contributed by atoms with Crippen molar-refractivity contribution < 1.29 is 9.59 Å². The number of nitrogens with one attached hydrogen (secondary N) is 1. The van der Waals surface area contributed by atoms with Gasteiger partial charge in [0, 0.05) is 22.8 Å². The van der Waals surface area contributed by atoms with Crippen LogP contribution in [0.2, 0.25) is 0 Å². The van der Waals surface area contributed by atoms with E-state index >= 15 is 0 Å². The number of hydrogen-bond acceptors (Lipinski definition) is 3. The van der Waals surface area contributed by atoms with E-state index in [1.165, 1.54) is 0 Å². The van der Waals surface area contributed by atoms with Gasteiger partial charge in [0.15, 0.2) is 0 Å². The molecular formula is C22H25ClN2O2S. The number of alkyl halides is 1. The molecule has 1 atom stereocenters. The summed E-state index contributed by atoms with van der Waals surface area (Å²) < 4.78 is 0. The number of amides is 2. The van der Waals surface area contributed by atoms with E-state index in [1.54, 1.807) is 11.8 Å². The number of carbonyl (C=O) groups excluding carboxylic acids is 2. The molecule has 0 spiro atoms. The van der Waals surface area contributed by atoms with Gasteiger partial charge in [-0.3, -0.25) is 14.5 Å². The Hall–Kier alpha value is -1.98. The van der Waals surface area contributed by atoms with Crippen LogP contribution in [0.5, 0.6) is 0 Å². The predicted molar refractivity (Wildman–Crippen MR) is 118 cm³/mol. The molecule has 1 N–H and O–H groups in total. The lowest BCUT2D eigenvalue weighted by molar-refractivity contribution is -0.123. The van der Waals surface area contributed by atoms with E-state index in [0.717, 1.165) is 22.4 Å². The van der Waals surface area contributed by atoms with E-state index in [9.17, 15) is 9.59 Å². The maximum absolute atomic E-state index is 12.7. The minimum atomic E-state index is -0.680. The number of para-hydroxylation sites is 1. The quantitative estimate of drug-likeness (QED) is 0.674. The van der Waals surface area contributed by atoms with Crippen LogP contribution in [0.3, 0.4) is 0 Å². The molecule has 0 saturated carbocycles. The molecule has 1 heterocycles. The average Bonchev–Trinajstić information content (AvgIpc) is 3.03. The summed E-state index contributed by atoms with van der Waals surface area (Å²) in [5.74, 6) is 0.575. The topological polar surface area (TPSA) is 49.4 Å². The molecular weight excluding hydrogens is 392 g/mol. The Morgan fingerprint density at radius 3 is 2.64 bits per heavy atom. The average molecular weight is 417 g/mol. The van der Waals surface area contributed by atoms with Gasteiger partial charge in [-0.1, -0.05) is 35.9 Å². The van der Waals surface area contributed by atoms with Crippen LogP contribution in [0.1, 0.15) is 35.9 Å². The number of nitrogens with zero attached hydrogens (tertiary/aromatic N) is 1. The Labute approximate surface area is 175 Å². The van der Waals surface area contributed by atoms with Gasteiger partial charge in [0.25, 0.3) is 0 Å². The summed E-state index contributed by atoms with van der Waals surface area (Å²) in [6, 6.07) is 13.8. The van der Waals surface area contributed by atoms with Gasteiger partial charge >= 0.3 is 0 Å². The third-order valence-electron chi connectivity index (χ3n) is 4.90. The number of rotatable bonds is 5. The van der Waals surface area contributed by atoms with Crippen molar-refractivity contribution in [2.45, 2.75) is 33.1 Å². The summed E-state index contributed by atoms with van der Waals surface area (Å²) in [5.41, 5.74) is 4.08. The normalized spacial score (nSPS) is 17.1. The summed E-state index contributed by atoms with van der Waals surface area (Å²) in [6.45, 7) is 7.69. The van der Waals surface area contributed by atoms with Gasteiger partial charge in [-0.25, -0.2) is 0 Å². The van der Waals surface area contributed by atoms with Gasteiger partial charge in [0.05, 0.1) is 11.2 Å². The highest BCUT2D eigenvalue weighted by Crippen LogP contribution is 2.45. The van der Waals surface area contributed by atoms with Gasteiger partial charge in [-0.2, -0.15) is 0 Å². The molecule has 0 radical (unpaired) electrons.